The van der Waals surface area contributed by atoms with Crippen LogP contribution in [0.2, 0.25) is 0 Å². The lowest BCUT2D eigenvalue weighted by Crippen LogP contribution is -2.51. The van der Waals surface area contributed by atoms with E-state index in [-0.39, 0.29) is 17.6 Å². The summed E-state index contributed by atoms with van der Waals surface area (Å²) >= 11 is 0. The molecule has 0 spiro atoms. The molecule has 2 aromatic rings. The van der Waals surface area contributed by atoms with E-state index >= 15 is 0 Å². The summed E-state index contributed by atoms with van der Waals surface area (Å²) in [5, 5.41) is 0. The first-order valence-corrected chi connectivity index (χ1v) is 8.52. The molecule has 6 heteroatoms. The van der Waals surface area contributed by atoms with Gasteiger partial charge in [0, 0.05) is 31.7 Å². The summed E-state index contributed by atoms with van der Waals surface area (Å²) in [7, 11) is 1.60. The van der Waals surface area contributed by atoms with Gasteiger partial charge in [0.15, 0.2) is 0 Å². The third-order valence-corrected chi connectivity index (χ3v) is 4.50. The highest BCUT2D eigenvalue weighted by Gasteiger charge is 2.24. The van der Waals surface area contributed by atoms with E-state index in [1.54, 1.807) is 16.9 Å². The van der Waals surface area contributed by atoms with Crippen LogP contribution in [-0.4, -0.2) is 54.9 Å². The Morgan fingerprint density at radius 2 is 1.65 bits per heavy atom. The van der Waals surface area contributed by atoms with Crippen molar-refractivity contribution in [2.24, 2.45) is 0 Å². The number of carbonyl (C=O) groups excluding carboxylic acids is 2. The van der Waals surface area contributed by atoms with E-state index in [1.807, 2.05) is 24.3 Å². The van der Waals surface area contributed by atoms with Crippen LogP contribution in [0.15, 0.2) is 48.5 Å². The van der Waals surface area contributed by atoms with Gasteiger partial charge in [0.25, 0.3) is 5.91 Å². The number of ether oxygens (including phenoxy) is 1. The van der Waals surface area contributed by atoms with Crippen molar-refractivity contribution in [3.63, 3.8) is 0 Å². The van der Waals surface area contributed by atoms with Gasteiger partial charge in [-0.25, -0.2) is 4.39 Å². The molecule has 1 heterocycles. The summed E-state index contributed by atoms with van der Waals surface area (Å²) < 4.78 is 18.2. The van der Waals surface area contributed by atoms with Crippen molar-refractivity contribution in [2.75, 3.05) is 33.3 Å². The number of halogens is 1. The SMILES string of the molecule is COc1cccc(CC(=O)N2CCN(C(=O)c3ccc(F)cc3)CC2)c1. The van der Waals surface area contributed by atoms with Gasteiger partial charge in [-0.1, -0.05) is 12.1 Å². The number of hydrogen-bond acceptors (Lipinski definition) is 3. The van der Waals surface area contributed by atoms with E-state index in [4.69, 9.17) is 4.74 Å². The van der Waals surface area contributed by atoms with E-state index < -0.39 is 0 Å². The summed E-state index contributed by atoms with van der Waals surface area (Å²) in [6, 6.07) is 13.0. The lowest BCUT2D eigenvalue weighted by atomic mass is 10.1. The minimum Gasteiger partial charge on any atom is -0.497 e. The zero-order chi connectivity index (χ0) is 18.5. The van der Waals surface area contributed by atoms with E-state index in [0.717, 1.165) is 11.3 Å². The Morgan fingerprint density at radius 1 is 1.00 bits per heavy atom. The van der Waals surface area contributed by atoms with Gasteiger partial charge < -0.3 is 14.5 Å². The van der Waals surface area contributed by atoms with Crippen LogP contribution in [0.25, 0.3) is 0 Å². The average Bonchev–Trinajstić information content (AvgIpc) is 2.68. The van der Waals surface area contributed by atoms with Crippen LogP contribution < -0.4 is 4.74 Å². The molecule has 0 bridgehead atoms. The Labute approximate surface area is 152 Å². The zero-order valence-corrected chi connectivity index (χ0v) is 14.7. The monoisotopic (exact) mass is 356 g/mol. The fourth-order valence-electron chi connectivity index (χ4n) is 3.00. The number of hydrogen-bond donors (Lipinski definition) is 0. The van der Waals surface area contributed by atoms with E-state index in [1.165, 1.54) is 24.3 Å². The van der Waals surface area contributed by atoms with Crippen molar-refractivity contribution in [3.05, 3.63) is 65.5 Å². The van der Waals surface area contributed by atoms with Crippen molar-refractivity contribution >= 4 is 11.8 Å². The average molecular weight is 356 g/mol. The molecule has 0 aliphatic carbocycles. The van der Waals surface area contributed by atoms with Crippen molar-refractivity contribution in [2.45, 2.75) is 6.42 Å². The molecular weight excluding hydrogens is 335 g/mol. The number of rotatable bonds is 4. The Bertz CT molecular complexity index is 784. The second-order valence-electron chi connectivity index (χ2n) is 6.21. The molecule has 0 radical (unpaired) electrons. The van der Waals surface area contributed by atoms with E-state index in [2.05, 4.69) is 0 Å². The molecule has 0 saturated carbocycles. The molecule has 3 rings (SSSR count). The summed E-state index contributed by atoms with van der Waals surface area (Å²) in [6.07, 6.45) is 0.309. The quantitative estimate of drug-likeness (QED) is 0.845. The summed E-state index contributed by atoms with van der Waals surface area (Å²) in [4.78, 5) is 28.4. The van der Waals surface area contributed by atoms with Crippen LogP contribution in [0, 0.1) is 5.82 Å². The van der Waals surface area contributed by atoms with Crippen molar-refractivity contribution < 1.29 is 18.7 Å². The van der Waals surface area contributed by atoms with Crippen molar-refractivity contribution in [1.82, 2.24) is 9.80 Å². The zero-order valence-electron chi connectivity index (χ0n) is 14.7. The van der Waals surface area contributed by atoms with Crippen LogP contribution in [0.4, 0.5) is 4.39 Å². The molecule has 26 heavy (non-hydrogen) atoms. The smallest absolute Gasteiger partial charge is 0.253 e. The maximum absolute atomic E-state index is 13.0. The predicted molar refractivity (Wildman–Crippen MR) is 95.6 cm³/mol. The second-order valence-corrected chi connectivity index (χ2v) is 6.21. The lowest BCUT2D eigenvalue weighted by Gasteiger charge is -2.35. The number of methoxy groups -OCH3 is 1. The van der Waals surface area contributed by atoms with Gasteiger partial charge in [0.1, 0.15) is 11.6 Å². The largest absolute Gasteiger partial charge is 0.497 e. The third kappa shape index (κ3) is 4.20. The van der Waals surface area contributed by atoms with Crippen LogP contribution >= 0.6 is 0 Å². The molecule has 0 aromatic heterocycles. The normalized spacial score (nSPS) is 14.2. The van der Waals surface area contributed by atoms with Gasteiger partial charge in [0.05, 0.1) is 13.5 Å². The highest BCUT2D eigenvalue weighted by molar-refractivity contribution is 5.94. The molecule has 2 aromatic carbocycles. The van der Waals surface area contributed by atoms with Gasteiger partial charge in [-0.2, -0.15) is 0 Å². The number of benzene rings is 2. The third-order valence-electron chi connectivity index (χ3n) is 4.50. The first-order valence-electron chi connectivity index (χ1n) is 8.52. The first kappa shape index (κ1) is 17.9. The molecule has 5 nitrogen and oxygen atoms in total. The number of nitrogens with zero attached hydrogens (tertiary/aromatic N) is 2. The Balaban J connectivity index is 1.55. The Kier molecular flexibility index (Phi) is 5.51. The van der Waals surface area contributed by atoms with Gasteiger partial charge in [-0.05, 0) is 42.0 Å². The Morgan fingerprint density at radius 3 is 2.31 bits per heavy atom. The second kappa shape index (κ2) is 7.99. The standard InChI is InChI=1S/C20H21FN2O3/c1-26-18-4-2-3-15(13-18)14-19(24)22-9-11-23(12-10-22)20(25)16-5-7-17(21)8-6-16/h2-8,13H,9-12,14H2,1H3. The van der Waals surface area contributed by atoms with Gasteiger partial charge in [-0.3, -0.25) is 9.59 Å². The fourth-order valence-corrected chi connectivity index (χ4v) is 3.00. The predicted octanol–water partition coefficient (Wildman–Crippen LogP) is 2.36. The van der Waals surface area contributed by atoms with Crippen LogP contribution in [0.5, 0.6) is 5.75 Å². The topological polar surface area (TPSA) is 49.9 Å². The summed E-state index contributed by atoms with van der Waals surface area (Å²) in [6.45, 7) is 1.94. The van der Waals surface area contributed by atoms with Crippen molar-refractivity contribution in [3.8, 4) is 5.75 Å². The first-order chi connectivity index (χ1) is 12.6. The molecular formula is C20H21FN2O3. The maximum atomic E-state index is 13.0. The van der Waals surface area contributed by atoms with Crippen LogP contribution in [0.3, 0.4) is 0 Å². The Hall–Kier alpha value is -2.89. The maximum Gasteiger partial charge on any atom is 0.253 e. The number of piperazine rings is 1. The van der Waals surface area contributed by atoms with Crippen LogP contribution in [0.1, 0.15) is 15.9 Å². The summed E-state index contributed by atoms with van der Waals surface area (Å²) in [5.74, 6) is 0.261. The molecule has 0 N–H and O–H groups in total. The van der Waals surface area contributed by atoms with E-state index in [0.29, 0.717) is 38.2 Å². The molecule has 1 fully saturated rings. The lowest BCUT2D eigenvalue weighted by molar-refractivity contribution is -0.131. The fraction of sp³-hybridized carbons (Fsp3) is 0.300. The molecule has 0 atom stereocenters. The highest BCUT2D eigenvalue weighted by atomic mass is 19.1. The van der Waals surface area contributed by atoms with Gasteiger partial charge in [0.2, 0.25) is 5.91 Å². The minimum atomic E-state index is -0.366. The minimum absolute atomic E-state index is 0.0344. The van der Waals surface area contributed by atoms with Crippen LogP contribution in [-0.2, 0) is 11.2 Å². The molecule has 1 aliphatic heterocycles. The molecule has 1 saturated heterocycles. The van der Waals surface area contributed by atoms with Gasteiger partial charge >= 0.3 is 0 Å². The molecule has 136 valence electrons. The van der Waals surface area contributed by atoms with Crippen molar-refractivity contribution in [1.29, 1.82) is 0 Å². The number of carbonyl (C=O) groups is 2. The summed E-state index contributed by atoms with van der Waals surface area (Å²) in [5.41, 5.74) is 1.36. The molecule has 2 amide bonds. The van der Waals surface area contributed by atoms with Gasteiger partial charge in [-0.15, -0.1) is 0 Å². The molecule has 0 unspecified atom stereocenters. The highest BCUT2D eigenvalue weighted by Crippen LogP contribution is 2.15. The number of amides is 2. The van der Waals surface area contributed by atoms with E-state index in [9.17, 15) is 14.0 Å². The molecule has 1 aliphatic rings.